The summed E-state index contributed by atoms with van der Waals surface area (Å²) in [6.45, 7) is 6.48. The third-order valence-electron chi connectivity index (χ3n) is 4.41. The predicted molar refractivity (Wildman–Crippen MR) is 65.0 cm³/mol. The van der Waals surface area contributed by atoms with Crippen LogP contribution in [0, 0.1) is 5.92 Å². The number of rotatable bonds is 2. The van der Waals surface area contributed by atoms with E-state index in [0.29, 0.717) is 38.0 Å². The minimum atomic E-state index is -0.669. The van der Waals surface area contributed by atoms with Gasteiger partial charge in [0.25, 0.3) is 0 Å². The lowest BCUT2D eigenvalue weighted by atomic mass is 9.82. The number of carboxylic acid groups (broad SMARTS) is 1. The van der Waals surface area contributed by atoms with Gasteiger partial charge in [-0.1, -0.05) is 6.92 Å². The molecule has 4 nitrogen and oxygen atoms in total. The number of piperidine rings is 1. The van der Waals surface area contributed by atoms with Crippen molar-refractivity contribution in [1.82, 2.24) is 4.90 Å². The van der Waals surface area contributed by atoms with Crippen molar-refractivity contribution < 1.29 is 14.6 Å². The van der Waals surface area contributed by atoms with Crippen molar-refractivity contribution in [3.05, 3.63) is 0 Å². The van der Waals surface area contributed by atoms with Crippen LogP contribution in [0.15, 0.2) is 0 Å². The maximum Gasteiger partial charge on any atom is 0.324 e. The maximum absolute atomic E-state index is 11.7. The van der Waals surface area contributed by atoms with E-state index in [-0.39, 0.29) is 0 Å². The third-order valence-corrected chi connectivity index (χ3v) is 4.41. The summed E-state index contributed by atoms with van der Waals surface area (Å²) in [5.41, 5.74) is -0.669. The highest BCUT2D eigenvalue weighted by Crippen LogP contribution is 2.35. The van der Waals surface area contributed by atoms with Gasteiger partial charge in [0.2, 0.25) is 0 Å². The molecule has 2 rings (SSSR count). The smallest absolute Gasteiger partial charge is 0.324 e. The van der Waals surface area contributed by atoms with Crippen molar-refractivity contribution in [2.45, 2.75) is 51.1 Å². The zero-order valence-corrected chi connectivity index (χ0v) is 10.8. The molecule has 0 saturated carbocycles. The van der Waals surface area contributed by atoms with Crippen molar-refractivity contribution in [3.8, 4) is 0 Å². The van der Waals surface area contributed by atoms with Crippen molar-refractivity contribution in [2.24, 2.45) is 5.92 Å². The highest BCUT2D eigenvalue weighted by atomic mass is 16.5. The second-order valence-electron chi connectivity index (χ2n) is 5.62. The van der Waals surface area contributed by atoms with E-state index in [2.05, 4.69) is 18.7 Å². The van der Waals surface area contributed by atoms with Crippen LogP contribution >= 0.6 is 0 Å². The number of carboxylic acids is 1. The van der Waals surface area contributed by atoms with E-state index in [1.54, 1.807) is 0 Å². The number of carbonyl (C=O) groups is 1. The first-order valence-corrected chi connectivity index (χ1v) is 6.64. The fraction of sp³-hybridized carbons (Fsp3) is 0.923. The van der Waals surface area contributed by atoms with Crippen molar-refractivity contribution in [1.29, 1.82) is 0 Å². The molecule has 2 heterocycles. The third kappa shape index (κ3) is 2.33. The first-order chi connectivity index (χ1) is 8.06. The zero-order valence-electron chi connectivity index (χ0n) is 10.8. The second kappa shape index (κ2) is 4.94. The summed E-state index contributed by atoms with van der Waals surface area (Å²) in [6, 6.07) is 0.368. The molecule has 0 aromatic heterocycles. The van der Waals surface area contributed by atoms with E-state index in [4.69, 9.17) is 4.74 Å². The second-order valence-corrected chi connectivity index (χ2v) is 5.62. The molecule has 2 aliphatic heterocycles. The molecule has 2 aliphatic rings. The number of hydrogen-bond donors (Lipinski definition) is 1. The molecule has 0 bridgehead atoms. The molecule has 17 heavy (non-hydrogen) atoms. The van der Waals surface area contributed by atoms with Crippen LogP contribution in [-0.2, 0) is 9.53 Å². The molecular formula is C13H23NO3. The molecule has 2 saturated heterocycles. The van der Waals surface area contributed by atoms with Gasteiger partial charge in [0, 0.05) is 19.3 Å². The number of likely N-dealkylation sites (tertiary alicyclic amines) is 1. The van der Waals surface area contributed by atoms with Crippen LogP contribution in [0.2, 0.25) is 0 Å². The molecule has 0 aliphatic carbocycles. The van der Waals surface area contributed by atoms with Crippen molar-refractivity contribution in [3.63, 3.8) is 0 Å². The van der Waals surface area contributed by atoms with E-state index in [1.165, 1.54) is 0 Å². The van der Waals surface area contributed by atoms with Crippen LogP contribution < -0.4 is 0 Å². The summed E-state index contributed by atoms with van der Waals surface area (Å²) in [4.78, 5) is 13.9. The van der Waals surface area contributed by atoms with Crippen LogP contribution in [0.1, 0.15) is 39.5 Å². The topological polar surface area (TPSA) is 49.8 Å². The SMILES string of the molecule is CC1CCN(C2(C(=O)O)CCOCC2)C(C)C1. The van der Waals surface area contributed by atoms with Gasteiger partial charge >= 0.3 is 5.97 Å². The van der Waals surface area contributed by atoms with Gasteiger partial charge in [0.05, 0.1) is 0 Å². The van der Waals surface area contributed by atoms with Crippen LogP contribution in [0.5, 0.6) is 0 Å². The number of hydrogen-bond acceptors (Lipinski definition) is 3. The summed E-state index contributed by atoms with van der Waals surface area (Å²) in [7, 11) is 0. The normalized spacial score (nSPS) is 34.5. The molecule has 2 unspecified atom stereocenters. The number of ether oxygens (including phenoxy) is 1. The standard InChI is InChI=1S/C13H23NO3/c1-10-3-6-14(11(2)9-10)13(12(15)16)4-7-17-8-5-13/h10-11H,3-9H2,1-2H3,(H,15,16). The van der Waals surface area contributed by atoms with Gasteiger partial charge in [0.15, 0.2) is 0 Å². The van der Waals surface area contributed by atoms with Gasteiger partial charge in [-0.15, -0.1) is 0 Å². The predicted octanol–water partition coefficient (Wildman–Crippen LogP) is 1.74. The highest BCUT2D eigenvalue weighted by Gasteiger charge is 2.48. The molecule has 0 aromatic rings. The molecule has 0 radical (unpaired) electrons. The molecule has 0 aromatic carbocycles. The Labute approximate surface area is 103 Å². The molecular weight excluding hydrogens is 218 g/mol. The highest BCUT2D eigenvalue weighted by molar-refractivity contribution is 5.79. The first kappa shape index (κ1) is 12.8. The Balaban J connectivity index is 2.18. The van der Waals surface area contributed by atoms with E-state index in [9.17, 15) is 9.90 Å². The van der Waals surface area contributed by atoms with E-state index in [1.807, 2.05) is 0 Å². The van der Waals surface area contributed by atoms with E-state index >= 15 is 0 Å². The lowest BCUT2D eigenvalue weighted by Crippen LogP contribution is -2.62. The summed E-state index contributed by atoms with van der Waals surface area (Å²) in [5, 5.41) is 9.63. The minimum Gasteiger partial charge on any atom is -0.480 e. The molecule has 1 N–H and O–H groups in total. The monoisotopic (exact) mass is 241 g/mol. The Morgan fingerprint density at radius 2 is 2.00 bits per heavy atom. The molecule has 2 atom stereocenters. The van der Waals surface area contributed by atoms with Crippen LogP contribution in [-0.4, -0.2) is 47.3 Å². The van der Waals surface area contributed by atoms with E-state index < -0.39 is 11.5 Å². The molecule has 2 fully saturated rings. The number of aliphatic carboxylic acids is 1. The maximum atomic E-state index is 11.7. The largest absolute Gasteiger partial charge is 0.480 e. The Kier molecular flexibility index (Phi) is 3.73. The lowest BCUT2D eigenvalue weighted by molar-refractivity contribution is -0.163. The lowest BCUT2D eigenvalue weighted by Gasteiger charge is -2.49. The molecule has 4 heteroatoms. The fourth-order valence-corrected chi connectivity index (χ4v) is 3.38. The van der Waals surface area contributed by atoms with Crippen molar-refractivity contribution in [2.75, 3.05) is 19.8 Å². The van der Waals surface area contributed by atoms with Crippen LogP contribution in [0.25, 0.3) is 0 Å². The average Bonchev–Trinajstić information content (AvgIpc) is 2.29. The van der Waals surface area contributed by atoms with Crippen LogP contribution in [0.4, 0.5) is 0 Å². The summed E-state index contributed by atoms with van der Waals surface area (Å²) in [5.74, 6) is 0.0501. The van der Waals surface area contributed by atoms with Gasteiger partial charge in [-0.25, -0.2) is 0 Å². The van der Waals surface area contributed by atoms with Gasteiger partial charge in [-0.2, -0.15) is 0 Å². The Morgan fingerprint density at radius 1 is 1.35 bits per heavy atom. The Bertz CT molecular complexity index is 286. The molecule has 0 amide bonds. The molecule has 0 spiro atoms. The van der Waals surface area contributed by atoms with Gasteiger partial charge < -0.3 is 9.84 Å². The van der Waals surface area contributed by atoms with Crippen molar-refractivity contribution >= 4 is 5.97 Å². The van der Waals surface area contributed by atoms with Gasteiger partial charge in [0.1, 0.15) is 5.54 Å². The average molecular weight is 241 g/mol. The van der Waals surface area contributed by atoms with Crippen LogP contribution in [0.3, 0.4) is 0 Å². The fourth-order valence-electron chi connectivity index (χ4n) is 3.38. The van der Waals surface area contributed by atoms with E-state index in [0.717, 1.165) is 19.4 Å². The quantitative estimate of drug-likeness (QED) is 0.800. The summed E-state index contributed by atoms with van der Waals surface area (Å²) >= 11 is 0. The Morgan fingerprint density at radius 3 is 2.53 bits per heavy atom. The van der Waals surface area contributed by atoms with Gasteiger partial charge in [-0.3, -0.25) is 9.69 Å². The molecule has 98 valence electrons. The van der Waals surface area contributed by atoms with Gasteiger partial charge in [-0.05, 0) is 45.1 Å². The first-order valence-electron chi connectivity index (χ1n) is 6.64. The summed E-state index contributed by atoms with van der Waals surface area (Å²) < 4.78 is 5.33. The zero-order chi connectivity index (χ0) is 12.5. The summed E-state index contributed by atoms with van der Waals surface area (Å²) in [6.07, 6.45) is 3.47. The number of nitrogens with zero attached hydrogens (tertiary/aromatic N) is 1. The Hall–Kier alpha value is -0.610. The minimum absolute atomic E-state index is 0.368.